The zero-order valence-corrected chi connectivity index (χ0v) is 16.5. The Morgan fingerprint density at radius 3 is 2.71 bits per heavy atom. The molecule has 6 nitrogen and oxygen atoms in total. The Bertz CT molecular complexity index is 714. The highest BCUT2D eigenvalue weighted by Gasteiger charge is 2.29. The number of nitrogens with one attached hydrogen (secondary N) is 1. The first-order chi connectivity index (χ1) is 13.7. The van der Waals surface area contributed by atoms with Crippen LogP contribution < -0.4 is 14.8 Å². The molecule has 1 aliphatic carbocycles. The fourth-order valence-corrected chi connectivity index (χ4v) is 4.49. The number of aryl methyl sites for hydroxylation is 1. The maximum absolute atomic E-state index is 12.7. The standard InChI is InChI=1S/C22H30N2O4/c25-21(11-9-16-8-10-19-20(13-16)28-15-27-19)24-12-4-5-17(14-24)22(26)23-18-6-2-1-3-7-18/h8,10,13,17-18H,1-7,9,11-12,14-15H2,(H,23,26)/t17-/m1/s1. The highest BCUT2D eigenvalue weighted by Crippen LogP contribution is 2.33. The first kappa shape index (κ1) is 19.1. The molecule has 1 saturated carbocycles. The van der Waals surface area contributed by atoms with E-state index >= 15 is 0 Å². The van der Waals surface area contributed by atoms with Crippen molar-refractivity contribution in [1.82, 2.24) is 10.2 Å². The van der Waals surface area contributed by atoms with Gasteiger partial charge in [0.25, 0.3) is 0 Å². The molecule has 0 radical (unpaired) electrons. The SMILES string of the molecule is O=C(NC1CCCCC1)[C@@H]1CCCN(C(=O)CCc2ccc3c(c2)OCO3)C1. The monoisotopic (exact) mass is 386 g/mol. The third-order valence-corrected chi connectivity index (χ3v) is 6.16. The Kier molecular flexibility index (Phi) is 6.03. The van der Waals surface area contributed by atoms with E-state index in [9.17, 15) is 9.59 Å². The van der Waals surface area contributed by atoms with Crippen LogP contribution in [0.15, 0.2) is 18.2 Å². The average molecular weight is 386 g/mol. The van der Waals surface area contributed by atoms with E-state index in [-0.39, 0.29) is 24.5 Å². The summed E-state index contributed by atoms with van der Waals surface area (Å²) < 4.78 is 10.7. The number of carbonyl (C=O) groups is 2. The number of nitrogens with zero attached hydrogens (tertiary/aromatic N) is 1. The molecule has 0 aromatic heterocycles. The van der Waals surface area contributed by atoms with Crippen LogP contribution >= 0.6 is 0 Å². The highest BCUT2D eigenvalue weighted by atomic mass is 16.7. The van der Waals surface area contributed by atoms with Crippen LogP contribution in [0.4, 0.5) is 0 Å². The Hall–Kier alpha value is -2.24. The lowest BCUT2D eigenvalue weighted by Gasteiger charge is -2.33. The van der Waals surface area contributed by atoms with Crippen LogP contribution in [0.2, 0.25) is 0 Å². The maximum atomic E-state index is 12.7. The van der Waals surface area contributed by atoms with Gasteiger partial charge in [0.15, 0.2) is 11.5 Å². The molecule has 2 heterocycles. The predicted molar refractivity (Wildman–Crippen MR) is 105 cm³/mol. The molecule has 1 aromatic carbocycles. The molecule has 0 unspecified atom stereocenters. The molecule has 2 fully saturated rings. The van der Waals surface area contributed by atoms with E-state index in [1.165, 1.54) is 19.3 Å². The first-order valence-electron chi connectivity index (χ1n) is 10.7. The van der Waals surface area contributed by atoms with Crippen LogP contribution in [0, 0.1) is 5.92 Å². The van der Waals surface area contributed by atoms with Gasteiger partial charge in [-0.25, -0.2) is 0 Å². The summed E-state index contributed by atoms with van der Waals surface area (Å²) in [5, 5.41) is 3.23. The average Bonchev–Trinajstić information content (AvgIpc) is 3.20. The van der Waals surface area contributed by atoms with E-state index in [0.29, 0.717) is 25.4 Å². The molecule has 2 aliphatic heterocycles. The fourth-order valence-electron chi connectivity index (χ4n) is 4.49. The van der Waals surface area contributed by atoms with Crippen molar-refractivity contribution in [1.29, 1.82) is 0 Å². The minimum Gasteiger partial charge on any atom is -0.454 e. The molecule has 3 aliphatic rings. The summed E-state index contributed by atoms with van der Waals surface area (Å²) in [6, 6.07) is 6.16. The van der Waals surface area contributed by atoms with E-state index in [4.69, 9.17) is 9.47 Å². The molecule has 0 spiro atoms. The van der Waals surface area contributed by atoms with Gasteiger partial charge in [-0.05, 0) is 49.8 Å². The largest absolute Gasteiger partial charge is 0.454 e. The molecule has 2 amide bonds. The molecule has 1 N–H and O–H groups in total. The van der Waals surface area contributed by atoms with Crippen LogP contribution in [0.1, 0.15) is 56.9 Å². The van der Waals surface area contributed by atoms with E-state index in [1.54, 1.807) is 0 Å². The summed E-state index contributed by atoms with van der Waals surface area (Å²) in [6.45, 7) is 1.57. The van der Waals surface area contributed by atoms with Crippen molar-refractivity contribution in [2.45, 2.75) is 63.8 Å². The van der Waals surface area contributed by atoms with E-state index in [1.807, 2.05) is 23.1 Å². The molecule has 28 heavy (non-hydrogen) atoms. The fraction of sp³-hybridized carbons (Fsp3) is 0.636. The minimum atomic E-state index is -0.0647. The third kappa shape index (κ3) is 4.59. The Morgan fingerprint density at radius 1 is 1.04 bits per heavy atom. The molecular formula is C22H30N2O4. The summed E-state index contributed by atoms with van der Waals surface area (Å²) in [5.74, 6) is 1.72. The first-order valence-corrected chi connectivity index (χ1v) is 10.7. The Morgan fingerprint density at radius 2 is 1.86 bits per heavy atom. The maximum Gasteiger partial charge on any atom is 0.231 e. The quantitative estimate of drug-likeness (QED) is 0.845. The Balaban J connectivity index is 1.26. The van der Waals surface area contributed by atoms with E-state index in [2.05, 4.69) is 5.32 Å². The van der Waals surface area contributed by atoms with Gasteiger partial charge in [0.1, 0.15) is 0 Å². The molecule has 152 valence electrons. The van der Waals surface area contributed by atoms with E-state index < -0.39 is 0 Å². The van der Waals surface area contributed by atoms with Gasteiger partial charge in [-0.15, -0.1) is 0 Å². The molecule has 6 heteroatoms. The number of hydrogen-bond donors (Lipinski definition) is 1. The van der Waals surface area contributed by atoms with Crippen molar-refractivity contribution < 1.29 is 19.1 Å². The summed E-state index contributed by atoms with van der Waals surface area (Å²) in [7, 11) is 0. The molecule has 1 saturated heterocycles. The number of carbonyl (C=O) groups excluding carboxylic acids is 2. The van der Waals surface area contributed by atoms with Crippen molar-refractivity contribution in [2.24, 2.45) is 5.92 Å². The summed E-state index contributed by atoms with van der Waals surface area (Å²) in [6.07, 6.45) is 8.79. The molecular weight excluding hydrogens is 356 g/mol. The van der Waals surface area contributed by atoms with Gasteiger partial charge < -0.3 is 19.7 Å². The second kappa shape index (κ2) is 8.84. The smallest absolute Gasteiger partial charge is 0.231 e. The number of rotatable bonds is 5. The Labute approximate surface area is 166 Å². The second-order valence-corrected chi connectivity index (χ2v) is 8.21. The topological polar surface area (TPSA) is 67.9 Å². The van der Waals surface area contributed by atoms with Crippen LogP contribution in [0.5, 0.6) is 11.5 Å². The molecule has 1 aromatic rings. The van der Waals surface area contributed by atoms with Gasteiger partial charge in [-0.2, -0.15) is 0 Å². The number of benzene rings is 1. The van der Waals surface area contributed by atoms with Crippen LogP contribution in [0.3, 0.4) is 0 Å². The number of piperidine rings is 1. The van der Waals surface area contributed by atoms with Crippen LogP contribution in [-0.4, -0.2) is 42.6 Å². The zero-order valence-electron chi connectivity index (χ0n) is 16.5. The molecule has 4 rings (SSSR count). The van der Waals surface area contributed by atoms with Crippen molar-refractivity contribution in [3.8, 4) is 11.5 Å². The van der Waals surface area contributed by atoms with Gasteiger partial charge >= 0.3 is 0 Å². The van der Waals surface area contributed by atoms with Gasteiger partial charge in [0.2, 0.25) is 18.6 Å². The number of fused-ring (bicyclic) bond motifs is 1. The lowest BCUT2D eigenvalue weighted by atomic mass is 9.93. The second-order valence-electron chi connectivity index (χ2n) is 8.21. The van der Waals surface area contributed by atoms with Gasteiger partial charge in [0, 0.05) is 25.6 Å². The minimum absolute atomic E-state index is 0.0647. The number of amides is 2. The third-order valence-electron chi connectivity index (χ3n) is 6.16. The van der Waals surface area contributed by atoms with Gasteiger partial charge in [-0.1, -0.05) is 25.3 Å². The lowest BCUT2D eigenvalue weighted by Crippen LogP contribution is -2.48. The van der Waals surface area contributed by atoms with Crippen molar-refractivity contribution >= 4 is 11.8 Å². The van der Waals surface area contributed by atoms with Gasteiger partial charge in [0.05, 0.1) is 5.92 Å². The normalized spacial score (nSPS) is 22.1. The number of ether oxygens (including phenoxy) is 2. The van der Waals surface area contributed by atoms with Crippen LogP contribution in [-0.2, 0) is 16.0 Å². The predicted octanol–water partition coefficient (Wildman–Crippen LogP) is 3.04. The summed E-state index contributed by atoms with van der Waals surface area (Å²) >= 11 is 0. The summed E-state index contributed by atoms with van der Waals surface area (Å²) in [5.41, 5.74) is 1.07. The van der Waals surface area contributed by atoms with Crippen molar-refractivity contribution in [3.63, 3.8) is 0 Å². The van der Waals surface area contributed by atoms with Crippen molar-refractivity contribution in [2.75, 3.05) is 19.9 Å². The van der Waals surface area contributed by atoms with E-state index in [0.717, 1.165) is 49.3 Å². The summed E-state index contributed by atoms with van der Waals surface area (Å²) in [4.78, 5) is 27.2. The number of likely N-dealkylation sites (tertiary alicyclic amines) is 1. The number of hydrogen-bond acceptors (Lipinski definition) is 4. The molecule has 1 atom stereocenters. The zero-order chi connectivity index (χ0) is 19.3. The van der Waals surface area contributed by atoms with Crippen molar-refractivity contribution in [3.05, 3.63) is 23.8 Å². The highest BCUT2D eigenvalue weighted by molar-refractivity contribution is 5.81. The lowest BCUT2D eigenvalue weighted by molar-refractivity contribution is -0.136. The molecule has 0 bridgehead atoms. The van der Waals surface area contributed by atoms with Crippen LogP contribution in [0.25, 0.3) is 0 Å². The van der Waals surface area contributed by atoms with Gasteiger partial charge in [-0.3, -0.25) is 9.59 Å².